The minimum Gasteiger partial charge on any atom is -0.487 e. The van der Waals surface area contributed by atoms with Crippen LogP contribution in [0.2, 0.25) is 5.02 Å². The van der Waals surface area contributed by atoms with E-state index in [1.807, 2.05) is 22.6 Å². The molecule has 0 N–H and O–H groups in total. The molecule has 0 bridgehead atoms. The molecule has 0 spiro atoms. The monoisotopic (exact) mass is 485 g/mol. The molecule has 170 valence electrons. The van der Waals surface area contributed by atoms with Crippen molar-refractivity contribution in [3.63, 3.8) is 0 Å². The summed E-state index contributed by atoms with van der Waals surface area (Å²) in [5.41, 5.74) is 2.49. The number of amidine groups is 1. The topological polar surface area (TPSA) is 94.3 Å². The van der Waals surface area contributed by atoms with E-state index in [1.54, 1.807) is 38.1 Å². The third-order valence-corrected chi connectivity index (χ3v) is 6.17. The molecule has 2 aromatic rings. The van der Waals surface area contributed by atoms with Crippen molar-refractivity contribution in [3.8, 4) is 5.75 Å². The second-order valence-corrected chi connectivity index (χ2v) is 8.51. The molecule has 8 nitrogen and oxygen atoms in total. The van der Waals surface area contributed by atoms with Crippen molar-refractivity contribution in [2.75, 3.05) is 6.61 Å². The van der Waals surface area contributed by atoms with Gasteiger partial charge in [0.25, 0.3) is 5.69 Å². The van der Waals surface area contributed by atoms with E-state index in [2.05, 4.69) is 4.99 Å². The molecule has 0 aromatic heterocycles. The number of allylic oxidation sites excluding steroid dienone is 1. The van der Waals surface area contributed by atoms with Crippen molar-refractivity contribution in [2.45, 2.75) is 26.5 Å². The zero-order valence-corrected chi connectivity index (χ0v) is 19.4. The Labute approximate surface area is 199 Å². The molecule has 33 heavy (non-hydrogen) atoms. The fourth-order valence-corrected chi connectivity index (χ4v) is 4.66. The van der Waals surface area contributed by atoms with Crippen LogP contribution in [0.15, 0.2) is 70.3 Å². The summed E-state index contributed by atoms with van der Waals surface area (Å²) in [4.78, 5) is 29.7. The number of nitro benzene ring substituents is 1. The molecule has 0 amide bonds. The number of nitro groups is 1. The highest BCUT2D eigenvalue weighted by molar-refractivity contribution is 8.16. The fraction of sp³-hybridized carbons (Fsp3) is 0.217. The first-order chi connectivity index (χ1) is 15.9. The van der Waals surface area contributed by atoms with E-state index in [-0.39, 0.29) is 18.9 Å². The van der Waals surface area contributed by atoms with Gasteiger partial charge in [0.1, 0.15) is 12.4 Å². The number of halogens is 1. The first-order valence-electron chi connectivity index (χ1n) is 10.1. The van der Waals surface area contributed by atoms with Gasteiger partial charge < -0.3 is 14.4 Å². The third kappa shape index (κ3) is 4.74. The van der Waals surface area contributed by atoms with Crippen LogP contribution in [0.3, 0.4) is 0 Å². The zero-order chi connectivity index (χ0) is 23.5. The van der Waals surface area contributed by atoms with Crippen LogP contribution in [0.1, 0.15) is 31.0 Å². The fourth-order valence-electron chi connectivity index (χ4n) is 3.62. The number of esters is 1. The van der Waals surface area contributed by atoms with Gasteiger partial charge in [0.2, 0.25) is 0 Å². The number of thioether (sulfide) groups is 1. The average Bonchev–Trinajstić information content (AvgIpc) is 3.25. The molecular formula is C23H20ClN3O5S. The van der Waals surface area contributed by atoms with Gasteiger partial charge in [-0.1, -0.05) is 41.6 Å². The molecule has 0 unspecified atom stereocenters. The van der Waals surface area contributed by atoms with Crippen molar-refractivity contribution in [2.24, 2.45) is 4.99 Å². The summed E-state index contributed by atoms with van der Waals surface area (Å²) in [6.07, 6.45) is 1.88. The Morgan fingerprint density at radius 2 is 2.12 bits per heavy atom. The Morgan fingerprint density at radius 1 is 1.30 bits per heavy atom. The largest absolute Gasteiger partial charge is 0.487 e. The molecule has 2 aromatic carbocycles. The van der Waals surface area contributed by atoms with E-state index in [1.165, 1.54) is 23.9 Å². The molecule has 0 fully saturated rings. The van der Waals surface area contributed by atoms with Crippen LogP contribution in [0, 0.1) is 10.1 Å². The smallest absolute Gasteiger partial charge is 0.338 e. The van der Waals surface area contributed by atoms with Gasteiger partial charge in [-0.05, 0) is 42.5 Å². The van der Waals surface area contributed by atoms with Gasteiger partial charge >= 0.3 is 5.97 Å². The Bertz CT molecular complexity index is 1210. The number of non-ortho nitro benzene ring substituents is 1. The predicted octanol–water partition coefficient (Wildman–Crippen LogP) is 5.60. The lowest BCUT2D eigenvalue weighted by atomic mass is 9.94. The normalized spacial score (nSPS) is 17.0. The molecule has 0 radical (unpaired) electrons. The zero-order valence-electron chi connectivity index (χ0n) is 17.9. The van der Waals surface area contributed by atoms with Gasteiger partial charge in [0.15, 0.2) is 5.17 Å². The molecule has 2 heterocycles. The number of carbonyl (C=O) groups excluding carboxylic acids is 1. The van der Waals surface area contributed by atoms with E-state index >= 15 is 0 Å². The second-order valence-electron chi connectivity index (χ2n) is 7.23. The van der Waals surface area contributed by atoms with Crippen LogP contribution in [0.4, 0.5) is 5.69 Å². The molecule has 2 aliphatic heterocycles. The summed E-state index contributed by atoms with van der Waals surface area (Å²) in [5, 5.41) is 14.0. The van der Waals surface area contributed by atoms with Crippen molar-refractivity contribution >= 4 is 40.2 Å². The minimum absolute atomic E-state index is 0.00231. The van der Waals surface area contributed by atoms with E-state index in [4.69, 9.17) is 21.1 Å². The van der Waals surface area contributed by atoms with Crippen LogP contribution in [-0.2, 0) is 16.1 Å². The maximum atomic E-state index is 12.8. The molecular weight excluding hydrogens is 466 g/mol. The van der Waals surface area contributed by atoms with E-state index < -0.39 is 16.9 Å². The molecule has 0 saturated heterocycles. The van der Waals surface area contributed by atoms with Crippen LogP contribution in [0.5, 0.6) is 5.75 Å². The third-order valence-electron chi connectivity index (χ3n) is 5.10. The number of benzene rings is 2. The first kappa shape index (κ1) is 22.9. The molecule has 4 rings (SSSR count). The molecule has 10 heteroatoms. The van der Waals surface area contributed by atoms with Crippen molar-refractivity contribution in [1.29, 1.82) is 0 Å². The van der Waals surface area contributed by atoms with Crippen molar-refractivity contribution in [3.05, 3.63) is 91.6 Å². The van der Waals surface area contributed by atoms with Gasteiger partial charge in [-0.25, -0.2) is 9.79 Å². The summed E-state index contributed by atoms with van der Waals surface area (Å²) in [6.45, 7) is 3.94. The van der Waals surface area contributed by atoms with Gasteiger partial charge in [-0.3, -0.25) is 10.1 Å². The Hall–Kier alpha value is -3.30. The summed E-state index contributed by atoms with van der Waals surface area (Å²) in [5.74, 6) is 0.0107. The number of rotatable bonds is 7. The SMILES string of the molecule is CCOC(=O)C1=C(C)N=C2SC=CN2[C@H]1c1ccc(OCc2cccc([N+](=O)[O-])c2)c(Cl)c1. The highest BCUT2D eigenvalue weighted by Crippen LogP contribution is 2.42. The van der Waals surface area contributed by atoms with Crippen LogP contribution in [-0.4, -0.2) is 27.6 Å². The summed E-state index contributed by atoms with van der Waals surface area (Å²) in [6, 6.07) is 11.1. The Kier molecular flexibility index (Phi) is 6.71. The number of fused-ring (bicyclic) bond motifs is 1. The molecule has 0 aliphatic carbocycles. The lowest BCUT2D eigenvalue weighted by Crippen LogP contribution is -2.34. The number of hydrogen-bond acceptors (Lipinski definition) is 8. The van der Waals surface area contributed by atoms with Crippen molar-refractivity contribution in [1.82, 2.24) is 4.90 Å². The maximum Gasteiger partial charge on any atom is 0.338 e. The maximum absolute atomic E-state index is 12.8. The second kappa shape index (κ2) is 9.68. The number of ether oxygens (including phenoxy) is 2. The summed E-state index contributed by atoms with van der Waals surface area (Å²) in [7, 11) is 0. The predicted molar refractivity (Wildman–Crippen MR) is 127 cm³/mol. The lowest BCUT2D eigenvalue weighted by molar-refractivity contribution is -0.384. The lowest BCUT2D eigenvalue weighted by Gasteiger charge is -2.33. The van der Waals surface area contributed by atoms with Gasteiger partial charge in [0, 0.05) is 18.3 Å². The van der Waals surface area contributed by atoms with E-state index in [0.29, 0.717) is 27.6 Å². The Balaban J connectivity index is 1.60. The van der Waals surface area contributed by atoms with Crippen LogP contribution in [0.25, 0.3) is 0 Å². The van der Waals surface area contributed by atoms with Gasteiger partial charge in [-0.15, -0.1) is 0 Å². The van der Waals surface area contributed by atoms with Crippen LogP contribution >= 0.6 is 23.4 Å². The highest BCUT2D eigenvalue weighted by Gasteiger charge is 2.37. The first-order valence-corrected chi connectivity index (χ1v) is 11.4. The van der Waals surface area contributed by atoms with E-state index in [0.717, 1.165) is 10.7 Å². The van der Waals surface area contributed by atoms with Crippen LogP contribution < -0.4 is 4.74 Å². The highest BCUT2D eigenvalue weighted by atomic mass is 35.5. The molecule has 2 aliphatic rings. The molecule has 1 atom stereocenters. The number of carbonyl (C=O) groups is 1. The number of hydrogen-bond donors (Lipinski definition) is 0. The number of nitrogens with zero attached hydrogens (tertiary/aromatic N) is 3. The molecule has 0 saturated carbocycles. The standard InChI is InChI=1S/C23H20ClN3O5S/c1-3-31-22(28)20-14(2)25-23-26(9-10-33-23)21(20)16-7-8-19(18(24)12-16)32-13-15-5-4-6-17(11-15)27(29)30/h4-12,21H,3,13H2,1-2H3/t21-/m0/s1. The quantitative estimate of drug-likeness (QED) is 0.286. The Morgan fingerprint density at radius 3 is 2.85 bits per heavy atom. The van der Waals surface area contributed by atoms with Gasteiger partial charge in [0.05, 0.1) is 33.9 Å². The summed E-state index contributed by atoms with van der Waals surface area (Å²) >= 11 is 8.00. The minimum atomic E-state index is -0.450. The number of aliphatic imine (C=N–C) groups is 1. The summed E-state index contributed by atoms with van der Waals surface area (Å²) < 4.78 is 11.1. The van der Waals surface area contributed by atoms with Crippen molar-refractivity contribution < 1.29 is 19.2 Å². The van der Waals surface area contributed by atoms with Gasteiger partial charge in [-0.2, -0.15) is 0 Å². The van der Waals surface area contributed by atoms with E-state index in [9.17, 15) is 14.9 Å². The average molecular weight is 486 g/mol.